The van der Waals surface area contributed by atoms with Crippen molar-refractivity contribution in [3.8, 4) is 5.75 Å². The van der Waals surface area contributed by atoms with Crippen LogP contribution in [0.1, 0.15) is 47.4 Å². The summed E-state index contributed by atoms with van der Waals surface area (Å²) in [5.74, 6) is 2.22. The topological polar surface area (TPSA) is 86.3 Å². The number of primary amides is 1. The Labute approximate surface area is 181 Å². The quantitative estimate of drug-likeness (QED) is 0.666. The van der Waals surface area contributed by atoms with Crippen LogP contribution in [0.5, 0.6) is 5.75 Å². The zero-order valence-electron chi connectivity index (χ0n) is 17.7. The van der Waals surface area contributed by atoms with Crippen LogP contribution in [0.25, 0.3) is 0 Å². The highest BCUT2D eigenvalue weighted by Crippen LogP contribution is 2.52. The van der Waals surface area contributed by atoms with Gasteiger partial charge in [0.1, 0.15) is 17.7 Å². The first-order valence-corrected chi connectivity index (χ1v) is 10.8. The molecule has 1 saturated carbocycles. The van der Waals surface area contributed by atoms with E-state index >= 15 is 0 Å². The van der Waals surface area contributed by atoms with E-state index in [2.05, 4.69) is 57.0 Å². The summed E-state index contributed by atoms with van der Waals surface area (Å²) >= 11 is 0. The highest BCUT2D eigenvalue weighted by atomic mass is 16.5. The van der Waals surface area contributed by atoms with Gasteiger partial charge in [0.25, 0.3) is 0 Å². The number of amides is 1. The van der Waals surface area contributed by atoms with Crippen molar-refractivity contribution in [2.24, 2.45) is 12.8 Å². The summed E-state index contributed by atoms with van der Waals surface area (Å²) in [6.07, 6.45) is 4.10. The molecule has 1 saturated heterocycles. The molecule has 3 aromatic rings. The van der Waals surface area contributed by atoms with Crippen LogP contribution < -0.4 is 15.4 Å². The number of hydrogen-bond acceptors (Lipinski definition) is 5. The molecule has 0 atom stereocenters. The summed E-state index contributed by atoms with van der Waals surface area (Å²) in [6.45, 7) is 1.70. The van der Waals surface area contributed by atoms with Gasteiger partial charge in [0, 0.05) is 38.5 Å². The number of benzene rings is 2. The number of piperidine rings is 1. The third-order valence-corrected chi connectivity index (χ3v) is 6.50. The second-order valence-corrected chi connectivity index (χ2v) is 8.53. The maximum absolute atomic E-state index is 11.4. The Morgan fingerprint density at radius 3 is 2.48 bits per heavy atom. The van der Waals surface area contributed by atoms with E-state index in [0.717, 1.165) is 50.5 Å². The molecule has 1 amide bonds. The second kappa shape index (κ2) is 7.72. The standard InChI is InChI=1S/C24H27N5O2/c1-28-22(24(12-13-24)18-7-3-2-4-8-18)26-27-23(28)29-14-10-19(11-15-29)31-20-9-5-6-17(16-20)21(25)30/h2-9,16,19H,10-15H2,1H3,(H2,25,30). The van der Waals surface area contributed by atoms with Crippen LogP contribution in [-0.4, -0.2) is 39.9 Å². The summed E-state index contributed by atoms with van der Waals surface area (Å²) in [4.78, 5) is 13.7. The number of nitrogens with two attached hydrogens (primary N) is 1. The molecule has 0 radical (unpaired) electrons. The molecule has 160 valence electrons. The molecular formula is C24H27N5O2. The lowest BCUT2D eigenvalue weighted by molar-refractivity contribution is 0.0999. The summed E-state index contributed by atoms with van der Waals surface area (Å²) < 4.78 is 8.27. The first-order valence-electron chi connectivity index (χ1n) is 10.8. The van der Waals surface area contributed by atoms with E-state index in [0.29, 0.717) is 11.3 Å². The molecule has 2 fully saturated rings. The molecule has 2 aliphatic rings. The number of rotatable bonds is 6. The molecular weight excluding hydrogens is 390 g/mol. The van der Waals surface area contributed by atoms with Gasteiger partial charge < -0.3 is 15.4 Å². The minimum atomic E-state index is -0.442. The molecule has 1 aromatic heterocycles. The summed E-state index contributed by atoms with van der Waals surface area (Å²) in [5.41, 5.74) is 7.17. The smallest absolute Gasteiger partial charge is 0.248 e. The van der Waals surface area contributed by atoms with E-state index < -0.39 is 5.91 Å². The van der Waals surface area contributed by atoms with Gasteiger partial charge >= 0.3 is 0 Å². The number of hydrogen-bond donors (Lipinski definition) is 1. The van der Waals surface area contributed by atoms with Crippen molar-refractivity contribution in [3.63, 3.8) is 0 Å². The molecule has 0 spiro atoms. The summed E-state index contributed by atoms with van der Waals surface area (Å²) in [5, 5.41) is 9.17. The number of carbonyl (C=O) groups excluding carboxylic acids is 1. The molecule has 5 rings (SSSR count). The average molecular weight is 418 g/mol. The van der Waals surface area contributed by atoms with Crippen LogP contribution in [0.2, 0.25) is 0 Å². The monoisotopic (exact) mass is 417 g/mol. The molecule has 1 aliphatic carbocycles. The third-order valence-electron chi connectivity index (χ3n) is 6.50. The van der Waals surface area contributed by atoms with Gasteiger partial charge in [-0.1, -0.05) is 36.4 Å². The van der Waals surface area contributed by atoms with E-state index in [1.54, 1.807) is 18.2 Å². The molecule has 0 bridgehead atoms. The van der Waals surface area contributed by atoms with Crippen molar-refractivity contribution in [2.45, 2.75) is 37.2 Å². The molecule has 7 nitrogen and oxygen atoms in total. The Kier molecular flexibility index (Phi) is 4.88. The van der Waals surface area contributed by atoms with E-state index in [1.807, 2.05) is 6.07 Å². The van der Waals surface area contributed by atoms with E-state index in [-0.39, 0.29) is 11.5 Å². The Balaban J connectivity index is 1.26. The van der Waals surface area contributed by atoms with Crippen molar-refractivity contribution < 1.29 is 9.53 Å². The molecule has 0 unspecified atom stereocenters. The Morgan fingerprint density at radius 1 is 1.06 bits per heavy atom. The first-order chi connectivity index (χ1) is 15.1. The minimum absolute atomic E-state index is 0.00807. The van der Waals surface area contributed by atoms with Crippen molar-refractivity contribution in [2.75, 3.05) is 18.0 Å². The zero-order valence-corrected chi connectivity index (χ0v) is 17.7. The SMILES string of the molecule is Cn1c(N2CCC(Oc3cccc(C(N)=O)c3)CC2)nnc1C1(c2ccccc2)CC1. The second-order valence-electron chi connectivity index (χ2n) is 8.53. The molecule has 1 aliphatic heterocycles. The lowest BCUT2D eigenvalue weighted by Crippen LogP contribution is -2.39. The molecule has 2 heterocycles. The largest absolute Gasteiger partial charge is 0.490 e. The van der Waals surface area contributed by atoms with Crippen molar-refractivity contribution >= 4 is 11.9 Å². The molecule has 31 heavy (non-hydrogen) atoms. The van der Waals surface area contributed by atoms with Gasteiger partial charge in [0.2, 0.25) is 11.9 Å². The average Bonchev–Trinajstić information content (AvgIpc) is 3.51. The van der Waals surface area contributed by atoms with Crippen LogP contribution in [0.15, 0.2) is 54.6 Å². The molecule has 7 heteroatoms. The van der Waals surface area contributed by atoms with Gasteiger partial charge in [0.15, 0.2) is 0 Å². The van der Waals surface area contributed by atoms with Crippen LogP contribution in [0, 0.1) is 0 Å². The van der Waals surface area contributed by atoms with Gasteiger partial charge in [-0.15, -0.1) is 10.2 Å². The van der Waals surface area contributed by atoms with E-state index in [1.165, 1.54) is 5.56 Å². The molecule has 2 aromatic carbocycles. The number of ether oxygens (including phenoxy) is 1. The van der Waals surface area contributed by atoms with E-state index in [9.17, 15) is 4.79 Å². The predicted octanol–water partition coefficient (Wildman–Crippen LogP) is 3.04. The number of carbonyl (C=O) groups is 1. The Hall–Kier alpha value is -3.35. The van der Waals surface area contributed by atoms with Crippen LogP contribution in [-0.2, 0) is 12.5 Å². The summed E-state index contributed by atoms with van der Waals surface area (Å²) in [6, 6.07) is 17.7. The highest BCUT2D eigenvalue weighted by molar-refractivity contribution is 5.93. The molecule has 2 N–H and O–H groups in total. The first kappa shape index (κ1) is 19.6. The summed E-state index contributed by atoms with van der Waals surface area (Å²) in [7, 11) is 2.07. The lowest BCUT2D eigenvalue weighted by atomic mass is 9.95. The third kappa shape index (κ3) is 3.65. The minimum Gasteiger partial charge on any atom is -0.490 e. The zero-order chi connectivity index (χ0) is 21.4. The van der Waals surface area contributed by atoms with E-state index in [4.69, 9.17) is 10.5 Å². The van der Waals surface area contributed by atoms with Gasteiger partial charge in [-0.2, -0.15) is 0 Å². The number of aromatic nitrogens is 3. The normalized spacial score (nSPS) is 18.0. The Bertz CT molecular complexity index is 1080. The van der Waals surface area contributed by atoms with Crippen LogP contribution >= 0.6 is 0 Å². The van der Waals surface area contributed by atoms with Gasteiger partial charge in [-0.05, 0) is 36.6 Å². The lowest BCUT2D eigenvalue weighted by Gasteiger charge is -2.32. The fourth-order valence-corrected chi connectivity index (χ4v) is 4.63. The van der Waals surface area contributed by atoms with Crippen molar-refractivity contribution in [1.82, 2.24) is 14.8 Å². The maximum atomic E-state index is 11.4. The van der Waals surface area contributed by atoms with Crippen LogP contribution in [0.4, 0.5) is 5.95 Å². The van der Waals surface area contributed by atoms with Gasteiger partial charge in [0.05, 0.1) is 5.41 Å². The van der Waals surface area contributed by atoms with Crippen LogP contribution in [0.3, 0.4) is 0 Å². The predicted molar refractivity (Wildman–Crippen MR) is 118 cm³/mol. The van der Waals surface area contributed by atoms with Crippen molar-refractivity contribution in [1.29, 1.82) is 0 Å². The number of nitrogens with zero attached hydrogens (tertiary/aromatic N) is 4. The fraction of sp³-hybridized carbons (Fsp3) is 0.375. The fourth-order valence-electron chi connectivity index (χ4n) is 4.63. The van der Waals surface area contributed by atoms with Gasteiger partial charge in [-0.25, -0.2) is 0 Å². The van der Waals surface area contributed by atoms with Crippen molar-refractivity contribution in [3.05, 3.63) is 71.5 Å². The van der Waals surface area contributed by atoms with Gasteiger partial charge in [-0.3, -0.25) is 9.36 Å². The maximum Gasteiger partial charge on any atom is 0.248 e. The number of anilines is 1. The Morgan fingerprint density at radius 2 is 1.81 bits per heavy atom. The highest BCUT2D eigenvalue weighted by Gasteiger charge is 2.50.